The average Bonchev–Trinajstić information content (AvgIpc) is 2.56. The maximum atomic E-state index is 5.89. The van der Waals surface area contributed by atoms with Crippen molar-refractivity contribution in [2.24, 2.45) is 0 Å². The van der Waals surface area contributed by atoms with Crippen molar-refractivity contribution in [1.29, 1.82) is 0 Å². The lowest BCUT2D eigenvalue weighted by atomic mass is 10.1. The fourth-order valence-electron chi connectivity index (χ4n) is 2.40. The van der Waals surface area contributed by atoms with Gasteiger partial charge in [0.2, 0.25) is 11.7 Å². The molecule has 24 heavy (non-hydrogen) atoms. The zero-order valence-electron chi connectivity index (χ0n) is 14.3. The molecule has 1 heterocycles. The summed E-state index contributed by atoms with van der Waals surface area (Å²) in [5.74, 6) is 2.34. The summed E-state index contributed by atoms with van der Waals surface area (Å²) < 4.78 is 16.0. The lowest BCUT2D eigenvalue weighted by molar-refractivity contribution is 0.324. The molecule has 4 N–H and O–H groups in total. The fraction of sp³-hybridized carbons (Fsp3) is 0.294. The van der Waals surface area contributed by atoms with E-state index in [1.54, 1.807) is 21.3 Å². The summed E-state index contributed by atoms with van der Waals surface area (Å²) in [6.45, 7) is 1.84. The summed E-state index contributed by atoms with van der Waals surface area (Å²) >= 11 is 0. The van der Waals surface area contributed by atoms with Crippen molar-refractivity contribution in [3.05, 3.63) is 35.0 Å². The Labute approximate surface area is 141 Å². The van der Waals surface area contributed by atoms with Crippen molar-refractivity contribution in [2.75, 3.05) is 32.8 Å². The molecule has 1 aromatic carbocycles. The number of hydrogen-bond acceptors (Lipinski definition) is 7. The Balaban J connectivity index is 2.26. The maximum absolute atomic E-state index is 5.89. The van der Waals surface area contributed by atoms with Crippen molar-refractivity contribution >= 4 is 17.8 Å². The molecule has 0 saturated heterocycles. The van der Waals surface area contributed by atoms with E-state index in [4.69, 9.17) is 25.7 Å². The van der Waals surface area contributed by atoms with Crippen LogP contribution in [-0.2, 0) is 6.42 Å². The van der Waals surface area contributed by atoms with Crippen LogP contribution in [0.3, 0.4) is 0 Å². The Morgan fingerprint density at radius 1 is 1.00 bits per heavy atom. The van der Waals surface area contributed by atoms with Gasteiger partial charge in [0.1, 0.15) is 5.82 Å². The minimum atomic E-state index is 0.173. The van der Waals surface area contributed by atoms with Gasteiger partial charge in [-0.2, -0.15) is 4.98 Å². The summed E-state index contributed by atoms with van der Waals surface area (Å²) in [6, 6.07) is 3.81. The van der Waals surface area contributed by atoms with E-state index < -0.39 is 0 Å². The minimum Gasteiger partial charge on any atom is -0.493 e. The zero-order valence-corrected chi connectivity index (χ0v) is 14.3. The highest BCUT2D eigenvalue weighted by atomic mass is 16.5. The zero-order chi connectivity index (χ0) is 17.7. The van der Waals surface area contributed by atoms with Crippen LogP contribution >= 0.6 is 0 Å². The van der Waals surface area contributed by atoms with Crippen LogP contribution in [0.25, 0.3) is 6.08 Å². The maximum Gasteiger partial charge on any atom is 0.222 e. The highest BCUT2D eigenvalue weighted by Gasteiger charge is 2.12. The van der Waals surface area contributed by atoms with Gasteiger partial charge in [0.15, 0.2) is 11.5 Å². The molecule has 1 aromatic heterocycles. The third kappa shape index (κ3) is 3.68. The molecular formula is C17H22N4O3. The van der Waals surface area contributed by atoms with Crippen molar-refractivity contribution in [1.82, 2.24) is 9.97 Å². The Morgan fingerprint density at radius 2 is 1.62 bits per heavy atom. The standard InChI is InChI=1S/C17H22N4O3/c1-10-12(16(18)21-17(19)20-10)7-5-6-11-8-13(22-2)15(24-4)14(9-11)23-3/h5,7-9H,6H2,1-4H3,(H4,18,19,20,21). The van der Waals surface area contributed by atoms with Crippen molar-refractivity contribution in [3.8, 4) is 17.2 Å². The molecule has 0 bridgehead atoms. The van der Waals surface area contributed by atoms with Crippen LogP contribution in [0.1, 0.15) is 16.8 Å². The molecule has 0 fully saturated rings. The normalized spacial score (nSPS) is 10.8. The fourth-order valence-corrected chi connectivity index (χ4v) is 2.40. The molecule has 0 aliphatic carbocycles. The van der Waals surface area contributed by atoms with Gasteiger partial charge in [-0.1, -0.05) is 12.2 Å². The van der Waals surface area contributed by atoms with E-state index in [0.29, 0.717) is 29.5 Å². The third-order valence-electron chi connectivity index (χ3n) is 3.55. The number of nitrogen functional groups attached to an aromatic ring is 2. The van der Waals surface area contributed by atoms with E-state index in [9.17, 15) is 0 Å². The van der Waals surface area contributed by atoms with E-state index in [2.05, 4.69) is 9.97 Å². The highest BCUT2D eigenvalue weighted by molar-refractivity contribution is 5.64. The third-order valence-corrected chi connectivity index (χ3v) is 3.55. The number of nitrogens with two attached hydrogens (primary N) is 2. The molecule has 128 valence electrons. The van der Waals surface area contributed by atoms with Crippen LogP contribution in [0.5, 0.6) is 17.2 Å². The van der Waals surface area contributed by atoms with Crippen molar-refractivity contribution in [3.63, 3.8) is 0 Å². The lowest BCUT2D eigenvalue weighted by Crippen LogP contribution is -2.04. The first-order valence-electron chi connectivity index (χ1n) is 7.35. The van der Waals surface area contributed by atoms with Gasteiger partial charge in [-0.15, -0.1) is 0 Å². The van der Waals surface area contributed by atoms with Gasteiger partial charge in [-0.05, 0) is 31.0 Å². The predicted octanol–water partition coefficient (Wildman–Crippen LogP) is 2.23. The molecule has 2 rings (SSSR count). The minimum absolute atomic E-state index is 0.173. The van der Waals surface area contributed by atoms with Gasteiger partial charge in [-0.3, -0.25) is 0 Å². The Bertz CT molecular complexity index is 711. The van der Waals surface area contributed by atoms with Crippen LogP contribution in [-0.4, -0.2) is 31.3 Å². The Morgan fingerprint density at radius 3 is 2.12 bits per heavy atom. The molecule has 0 aliphatic rings. The SMILES string of the molecule is COc1cc(CC=Cc2c(C)nc(N)nc2N)cc(OC)c1OC. The summed E-state index contributed by atoms with van der Waals surface area (Å²) in [6.07, 6.45) is 4.51. The number of ether oxygens (including phenoxy) is 3. The first kappa shape index (κ1) is 17.4. The molecule has 0 amide bonds. The van der Waals surface area contributed by atoms with Gasteiger partial charge in [0.05, 0.1) is 27.0 Å². The van der Waals surface area contributed by atoms with Crippen LogP contribution in [0.15, 0.2) is 18.2 Å². The van der Waals surface area contributed by atoms with Gasteiger partial charge >= 0.3 is 0 Å². The summed E-state index contributed by atoms with van der Waals surface area (Å²) in [5, 5.41) is 0. The summed E-state index contributed by atoms with van der Waals surface area (Å²) in [7, 11) is 4.76. The second kappa shape index (κ2) is 7.54. The molecule has 0 saturated carbocycles. The van der Waals surface area contributed by atoms with E-state index in [1.807, 2.05) is 31.2 Å². The average molecular weight is 330 g/mol. The Hall–Kier alpha value is -2.96. The number of hydrogen-bond donors (Lipinski definition) is 2. The molecule has 7 nitrogen and oxygen atoms in total. The molecule has 7 heteroatoms. The van der Waals surface area contributed by atoms with E-state index in [1.165, 1.54) is 0 Å². The number of aryl methyl sites for hydroxylation is 1. The van der Waals surface area contributed by atoms with Crippen LogP contribution in [0.2, 0.25) is 0 Å². The van der Waals surface area contributed by atoms with E-state index in [0.717, 1.165) is 16.8 Å². The first-order valence-corrected chi connectivity index (χ1v) is 7.35. The second-order valence-electron chi connectivity index (χ2n) is 5.11. The molecule has 2 aromatic rings. The number of methoxy groups -OCH3 is 3. The van der Waals surface area contributed by atoms with Gasteiger partial charge < -0.3 is 25.7 Å². The number of allylic oxidation sites excluding steroid dienone is 1. The molecule has 0 radical (unpaired) electrons. The molecule has 0 unspecified atom stereocenters. The first-order chi connectivity index (χ1) is 11.5. The monoisotopic (exact) mass is 330 g/mol. The number of rotatable bonds is 6. The van der Waals surface area contributed by atoms with Crippen LogP contribution < -0.4 is 25.7 Å². The van der Waals surface area contributed by atoms with Crippen LogP contribution in [0.4, 0.5) is 11.8 Å². The number of anilines is 2. The molecule has 0 aliphatic heterocycles. The predicted molar refractivity (Wildman–Crippen MR) is 94.4 cm³/mol. The summed E-state index contributed by atoms with van der Waals surface area (Å²) in [5.41, 5.74) is 14.0. The number of aromatic nitrogens is 2. The van der Waals surface area contributed by atoms with Crippen molar-refractivity contribution < 1.29 is 14.2 Å². The topological polar surface area (TPSA) is 106 Å². The smallest absolute Gasteiger partial charge is 0.222 e. The van der Waals surface area contributed by atoms with Crippen LogP contribution in [0, 0.1) is 6.92 Å². The van der Waals surface area contributed by atoms with E-state index in [-0.39, 0.29) is 5.95 Å². The van der Waals surface area contributed by atoms with E-state index >= 15 is 0 Å². The quantitative estimate of drug-likeness (QED) is 0.836. The van der Waals surface area contributed by atoms with Gasteiger partial charge in [-0.25, -0.2) is 4.98 Å². The van der Waals surface area contributed by atoms with Gasteiger partial charge in [0.25, 0.3) is 0 Å². The largest absolute Gasteiger partial charge is 0.493 e. The van der Waals surface area contributed by atoms with Gasteiger partial charge in [0, 0.05) is 5.56 Å². The highest BCUT2D eigenvalue weighted by Crippen LogP contribution is 2.38. The second-order valence-corrected chi connectivity index (χ2v) is 5.11. The number of nitrogens with zero attached hydrogens (tertiary/aromatic N) is 2. The number of benzene rings is 1. The molecule has 0 spiro atoms. The Kier molecular flexibility index (Phi) is 5.47. The van der Waals surface area contributed by atoms with Crippen molar-refractivity contribution in [2.45, 2.75) is 13.3 Å². The summed E-state index contributed by atoms with van der Waals surface area (Å²) in [4.78, 5) is 8.09. The molecule has 0 atom stereocenters. The molecular weight excluding hydrogens is 308 g/mol. The lowest BCUT2D eigenvalue weighted by Gasteiger charge is -2.13.